The minimum absolute atomic E-state index is 0.158. The third kappa shape index (κ3) is 4.41. The Balaban J connectivity index is 1.42. The van der Waals surface area contributed by atoms with Crippen molar-refractivity contribution < 1.29 is 9.90 Å². The first kappa shape index (κ1) is 17.1. The number of amides is 1. The molecule has 2 N–H and O–H groups in total. The van der Waals surface area contributed by atoms with Crippen LogP contribution in [0.2, 0.25) is 0 Å². The number of benzene rings is 1. The Morgan fingerprint density at radius 3 is 2.46 bits per heavy atom. The number of hydrogen-bond donors (Lipinski definition) is 2. The van der Waals surface area contributed by atoms with E-state index in [1.54, 1.807) is 6.07 Å². The first-order valence-corrected chi connectivity index (χ1v) is 9.16. The molecule has 0 spiro atoms. The first-order valence-electron chi connectivity index (χ1n) is 9.16. The van der Waals surface area contributed by atoms with E-state index in [4.69, 9.17) is 0 Å². The maximum Gasteiger partial charge on any atom is 0.234 e. The zero-order valence-corrected chi connectivity index (χ0v) is 14.6. The smallest absolute Gasteiger partial charge is 0.234 e. The van der Waals surface area contributed by atoms with Gasteiger partial charge < -0.3 is 15.3 Å². The molecule has 0 bridgehead atoms. The van der Waals surface area contributed by atoms with E-state index in [-0.39, 0.29) is 5.91 Å². The summed E-state index contributed by atoms with van der Waals surface area (Å²) in [5, 5.41) is 13.2. The number of carbonyl (C=O) groups excluding carboxylic acids is 1. The average molecular weight is 331 g/mol. The van der Waals surface area contributed by atoms with Crippen molar-refractivity contribution in [3.05, 3.63) is 24.3 Å². The SMILES string of the molecule is CC1CCC(NC(=O)CN2CCN(c3ccccc3O)CC2)CC1. The Kier molecular flexibility index (Phi) is 5.61. The summed E-state index contributed by atoms with van der Waals surface area (Å²) in [5.74, 6) is 1.29. The molecule has 1 aromatic rings. The van der Waals surface area contributed by atoms with Crippen molar-refractivity contribution in [3.63, 3.8) is 0 Å². The number of carbonyl (C=O) groups is 1. The Morgan fingerprint density at radius 2 is 1.79 bits per heavy atom. The van der Waals surface area contributed by atoms with Crippen LogP contribution >= 0.6 is 0 Å². The minimum atomic E-state index is 0.158. The fourth-order valence-electron chi connectivity index (χ4n) is 3.76. The van der Waals surface area contributed by atoms with E-state index in [9.17, 15) is 9.90 Å². The number of para-hydroxylation sites is 2. The zero-order chi connectivity index (χ0) is 16.9. The molecule has 1 aromatic carbocycles. The van der Waals surface area contributed by atoms with Crippen LogP contribution in [0.15, 0.2) is 24.3 Å². The quantitative estimate of drug-likeness (QED) is 0.888. The molecule has 1 saturated carbocycles. The standard InChI is InChI=1S/C19H29N3O2/c1-15-6-8-16(9-7-15)20-19(24)14-21-10-12-22(13-11-21)17-4-2-3-5-18(17)23/h2-5,15-16,23H,6-14H2,1H3,(H,20,24). The van der Waals surface area contributed by atoms with Gasteiger partial charge in [-0.15, -0.1) is 0 Å². The van der Waals surface area contributed by atoms with E-state index < -0.39 is 0 Å². The molecule has 3 rings (SSSR count). The van der Waals surface area contributed by atoms with E-state index in [0.717, 1.165) is 50.6 Å². The molecular weight excluding hydrogens is 302 g/mol. The van der Waals surface area contributed by atoms with Gasteiger partial charge >= 0.3 is 0 Å². The van der Waals surface area contributed by atoms with Crippen molar-refractivity contribution in [1.29, 1.82) is 0 Å². The van der Waals surface area contributed by atoms with Gasteiger partial charge in [-0.05, 0) is 43.7 Å². The Hall–Kier alpha value is -1.75. The van der Waals surface area contributed by atoms with Crippen LogP contribution < -0.4 is 10.2 Å². The summed E-state index contributed by atoms with van der Waals surface area (Å²) >= 11 is 0. The lowest BCUT2D eigenvalue weighted by molar-refractivity contribution is -0.123. The van der Waals surface area contributed by atoms with Crippen LogP contribution in [0, 0.1) is 5.92 Å². The fourth-order valence-corrected chi connectivity index (χ4v) is 3.76. The van der Waals surface area contributed by atoms with Crippen molar-refractivity contribution in [1.82, 2.24) is 10.2 Å². The zero-order valence-electron chi connectivity index (χ0n) is 14.6. The molecule has 132 valence electrons. The van der Waals surface area contributed by atoms with Gasteiger partial charge in [0, 0.05) is 32.2 Å². The van der Waals surface area contributed by atoms with Crippen LogP contribution in [0.3, 0.4) is 0 Å². The number of hydrogen-bond acceptors (Lipinski definition) is 4. The monoisotopic (exact) mass is 331 g/mol. The Morgan fingerprint density at radius 1 is 1.12 bits per heavy atom. The molecule has 1 aliphatic heterocycles. The van der Waals surface area contributed by atoms with Gasteiger partial charge in [0.05, 0.1) is 12.2 Å². The second kappa shape index (κ2) is 7.88. The largest absolute Gasteiger partial charge is 0.506 e. The molecule has 0 atom stereocenters. The number of phenols is 1. The lowest BCUT2D eigenvalue weighted by Gasteiger charge is -2.36. The minimum Gasteiger partial charge on any atom is -0.506 e. The highest BCUT2D eigenvalue weighted by Gasteiger charge is 2.23. The number of nitrogens with zero attached hydrogens (tertiary/aromatic N) is 2. The van der Waals surface area contributed by atoms with Crippen molar-refractivity contribution in [3.8, 4) is 5.75 Å². The first-order chi connectivity index (χ1) is 11.6. The molecule has 1 amide bonds. The van der Waals surface area contributed by atoms with Gasteiger partial charge in [-0.1, -0.05) is 19.1 Å². The summed E-state index contributed by atoms with van der Waals surface area (Å²) in [6, 6.07) is 7.82. The predicted octanol–water partition coefficient (Wildman–Crippen LogP) is 2.21. The number of rotatable bonds is 4. The van der Waals surface area contributed by atoms with Crippen LogP contribution in [-0.4, -0.2) is 54.7 Å². The number of aromatic hydroxyl groups is 1. The van der Waals surface area contributed by atoms with Gasteiger partial charge in [0.25, 0.3) is 0 Å². The van der Waals surface area contributed by atoms with Gasteiger partial charge in [-0.3, -0.25) is 9.69 Å². The van der Waals surface area contributed by atoms with Gasteiger partial charge in [0.1, 0.15) is 5.75 Å². The number of anilines is 1. The van der Waals surface area contributed by atoms with Crippen molar-refractivity contribution in [2.75, 3.05) is 37.6 Å². The van der Waals surface area contributed by atoms with E-state index in [1.807, 2.05) is 18.2 Å². The van der Waals surface area contributed by atoms with Crippen LogP contribution in [-0.2, 0) is 4.79 Å². The maximum absolute atomic E-state index is 12.3. The molecule has 1 aliphatic carbocycles. The summed E-state index contributed by atoms with van der Waals surface area (Å²) < 4.78 is 0. The molecule has 0 aromatic heterocycles. The van der Waals surface area contributed by atoms with Gasteiger partial charge in [-0.2, -0.15) is 0 Å². The van der Waals surface area contributed by atoms with Gasteiger partial charge in [-0.25, -0.2) is 0 Å². The number of phenolic OH excluding ortho intramolecular Hbond substituents is 1. The number of piperazine rings is 1. The van der Waals surface area contributed by atoms with Crippen molar-refractivity contribution in [2.45, 2.75) is 38.6 Å². The van der Waals surface area contributed by atoms with Gasteiger partial charge in [0.2, 0.25) is 5.91 Å². The van der Waals surface area contributed by atoms with Crippen LogP contribution in [0.4, 0.5) is 5.69 Å². The molecule has 0 radical (unpaired) electrons. The van der Waals surface area contributed by atoms with E-state index in [2.05, 4.69) is 22.0 Å². The van der Waals surface area contributed by atoms with E-state index >= 15 is 0 Å². The lowest BCUT2D eigenvalue weighted by Crippen LogP contribution is -2.50. The van der Waals surface area contributed by atoms with Crippen LogP contribution in [0.25, 0.3) is 0 Å². The van der Waals surface area contributed by atoms with E-state index in [1.165, 1.54) is 12.8 Å². The van der Waals surface area contributed by atoms with Crippen molar-refractivity contribution >= 4 is 11.6 Å². The van der Waals surface area contributed by atoms with Crippen LogP contribution in [0.1, 0.15) is 32.6 Å². The molecule has 5 heteroatoms. The van der Waals surface area contributed by atoms with E-state index in [0.29, 0.717) is 18.3 Å². The normalized spacial score (nSPS) is 25.5. The Labute approximate surface area is 144 Å². The fraction of sp³-hybridized carbons (Fsp3) is 0.632. The maximum atomic E-state index is 12.3. The summed E-state index contributed by atoms with van der Waals surface area (Å²) in [7, 11) is 0. The highest BCUT2D eigenvalue weighted by Crippen LogP contribution is 2.27. The highest BCUT2D eigenvalue weighted by molar-refractivity contribution is 5.78. The van der Waals surface area contributed by atoms with Crippen LogP contribution in [0.5, 0.6) is 5.75 Å². The molecular formula is C19H29N3O2. The van der Waals surface area contributed by atoms with Gasteiger partial charge in [0.15, 0.2) is 0 Å². The second-order valence-electron chi connectivity index (χ2n) is 7.28. The molecule has 0 unspecified atom stereocenters. The second-order valence-corrected chi connectivity index (χ2v) is 7.28. The molecule has 1 heterocycles. The molecule has 5 nitrogen and oxygen atoms in total. The molecule has 24 heavy (non-hydrogen) atoms. The lowest BCUT2D eigenvalue weighted by atomic mass is 9.87. The topological polar surface area (TPSA) is 55.8 Å². The molecule has 1 saturated heterocycles. The van der Waals surface area contributed by atoms with Crippen molar-refractivity contribution in [2.24, 2.45) is 5.92 Å². The number of nitrogens with one attached hydrogen (secondary N) is 1. The third-order valence-electron chi connectivity index (χ3n) is 5.34. The summed E-state index contributed by atoms with van der Waals surface area (Å²) in [6.07, 6.45) is 4.69. The molecule has 2 fully saturated rings. The summed E-state index contributed by atoms with van der Waals surface area (Å²) in [5.41, 5.74) is 0.887. The summed E-state index contributed by atoms with van der Waals surface area (Å²) in [6.45, 7) is 6.16. The third-order valence-corrected chi connectivity index (χ3v) is 5.34. The summed E-state index contributed by atoms with van der Waals surface area (Å²) in [4.78, 5) is 16.7. The predicted molar refractivity (Wildman–Crippen MR) is 96.3 cm³/mol. The molecule has 2 aliphatic rings. The average Bonchev–Trinajstić information content (AvgIpc) is 2.58. The highest BCUT2D eigenvalue weighted by atomic mass is 16.3. The Bertz CT molecular complexity index is 547.